The summed E-state index contributed by atoms with van der Waals surface area (Å²) in [7, 11) is 1.55. The van der Waals surface area contributed by atoms with Gasteiger partial charge >= 0.3 is 0 Å². The summed E-state index contributed by atoms with van der Waals surface area (Å²) in [6.07, 6.45) is 0. The molecule has 1 amide bonds. The van der Waals surface area contributed by atoms with Gasteiger partial charge in [-0.3, -0.25) is 4.79 Å². The van der Waals surface area contributed by atoms with Crippen molar-refractivity contribution < 1.29 is 14.3 Å². The number of benzene rings is 2. The van der Waals surface area contributed by atoms with Crippen LogP contribution in [-0.2, 0) is 0 Å². The summed E-state index contributed by atoms with van der Waals surface area (Å²) in [5, 5.41) is 6.02. The minimum Gasteiger partial charge on any atom is -0.495 e. The Labute approximate surface area is 163 Å². The molecule has 7 nitrogen and oxygen atoms in total. The molecule has 0 saturated carbocycles. The Balaban J connectivity index is 1.84. The Hall–Kier alpha value is -3.61. The smallest absolute Gasteiger partial charge is 0.274 e. The Kier molecular flexibility index (Phi) is 6.06. The van der Waals surface area contributed by atoms with E-state index < -0.39 is 0 Å². The first kappa shape index (κ1) is 19.2. The quantitative estimate of drug-likeness (QED) is 0.641. The van der Waals surface area contributed by atoms with Crippen LogP contribution in [0.15, 0.2) is 54.6 Å². The Morgan fingerprint density at radius 3 is 2.39 bits per heavy atom. The average Bonchev–Trinajstić information content (AvgIpc) is 2.69. The van der Waals surface area contributed by atoms with Crippen molar-refractivity contribution in [3.8, 4) is 11.5 Å². The van der Waals surface area contributed by atoms with Crippen LogP contribution in [0.4, 0.5) is 17.2 Å². The molecule has 3 aromatic rings. The van der Waals surface area contributed by atoms with Crippen LogP contribution >= 0.6 is 0 Å². The van der Waals surface area contributed by atoms with E-state index >= 15 is 0 Å². The number of rotatable bonds is 7. The highest BCUT2D eigenvalue weighted by atomic mass is 16.5. The average molecular weight is 378 g/mol. The summed E-state index contributed by atoms with van der Waals surface area (Å²) in [4.78, 5) is 21.3. The van der Waals surface area contributed by atoms with E-state index in [0.29, 0.717) is 35.4 Å². The summed E-state index contributed by atoms with van der Waals surface area (Å²) in [5.41, 5.74) is 1.58. The van der Waals surface area contributed by atoms with E-state index in [9.17, 15) is 4.79 Å². The second-order valence-electron chi connectivity index (χ2n) is 5.89. The lowest BCUT2D eigenvalue weighted by molar-refractivity contribution is 0.102. The number of nitrogens with zero attached hydrogens (tertiary/aromatic N) is 2. The van der Waals surface area contributed by atoms with Crippen molar-refractivity contribution in [1.82, 2.24) is 9.97 Å². The largest absolute Gasteiger partial charge is 0.495 e. The fourth-order valence-electron chi connectivity index (χ4n) is 2.67. The van der Waals surface area contributed by atoms with Gasteiger partial charge in [0.2, 0.25) is 0 Å². The first-order chi connectivity index (χ1) is 13.6. The first-order valence-corrected chi connectivity index (χ1v) is 8.89. The minimum absolute atomic E-state index is 0.245. The van der Waals surface area contributed by atoms with Crippen molar-refractivity contribution in [2.75, 3.05) is 24.4 Å². The van der Waals surface area contributed by atoms with Gasteiger partial charge in [-0.2, -0.15) is 0 Å². The number of hydrogen-bond donors (Lipinski definition) is 2. The second kappa shape index (κ2) is 8.85. The monoisotopic (exact) mass is 378 g/mol. The lowest BCUT2D eigenvalue weighted by Gasteiger charge is -2.13. The van der Waals surface area contributed by atoms with E-state index in [1.165, 1.54) is 0 Å². The molecular formula is C21H22N4O3. The molecule has 0 aliphatic carbocycles. The second-order valence-corrected chi connectivity index (χ2v) is 5.89. The van der Waals surface area contributed by atoms with Crippen molar-refractivity contribution in [1.29, 1.82) is 0 Å². The standard InChI is InChI=1S/C21H22N4O3/c1-4-28-19-12-8-6-10-16(19)24-20-13-17(22-14(2)23-20)21(26)25-15-9-5-7-11-18(15)27-3/h5-13H,4H2,1-3H3,(H,25,26)(H,22,23,24). The fourth-order valence-corrected chi connectivity index (χ4v) is 2.67. The predicted octanol–water partition coefficient (Wildman–Crippen LogP) is 4.19. The molecule has 144 valence electrons. The van der Waals surface area contributed by atoms with Crippen LogP contribution < -0.4 is 20.1 Å². The molecule has 3 rings (SSSR count). The molecule has 0 aliphatic rings. The van der Waals surface area contributed by atoms with Crippen LogP contribution in [-0.4, -0.2) is 29.6 Å². The third kappa shape index (κ3) is 4.56. The maximum atomic E-state index is 12.7. The van der Waals surface area contributed by atoms with Crippen LogP contribution in [0.5, 0.6) is 11.5 Å². The van der Waals surface area contributed by atoms with E-state index in [0.717, 1.165) is 5.69 Å². The molecule has 0 atom stereocenters. The molecule has 2 aromatic carbocycles. The zero-order valence-electron chi connectivity index (χ0n) is 16.0. The molecule has 7 heteroatoms. The van der Waals surface area contributed by atoms with Gasteiger partial charge in [-0.15, -0.1) is 0 Å². The molecule has 0 radical (unpaired) electrons. The van der Waals surface area contributed by atoms with E-state index in [1.807, 2.05) is 43.3 Å². The summed E-state index contributed by atoms with van der Waals surface area (Å²) in [6, 6.07) is 16.3. The molecule has 2 N–H and O–H groups in total. The van der Waals surface area contributed by atoms with Crippen molar-refractivity contribution >= 4 is 23.1 Å². The summed E-state index contributed by atoms with van der Waals surface area (Å²) < 4.78 is 10.9. The number of anilines is 3. The van der Waals surface area contributed by atoms with Gasteiger partial charge in [0, 0.05) is 6.07 Å². The lowest BCUT2D eigenvalue weighted by Crippen LogP contribution is -2.16. The zero-order chi connectivity index (χ0) is 19.9. The van der Waals surface area contributed by atoms with Gasteiger partial charge in [-0.25, -0.2) is 9.97 Å². The van der Waals surface area contributed by atoms with Gasteiger partial charge in [0.1, 0.15) is 28.8 Å². The molecule has 28 heavy (non-hydrogen) atoms. The van der Waals surface area contributed by atoms with Gasteiger partial charge in [-0.1, -0.05) is 24.3 Å². The molecule has 1 heterocycles. The highest BCUT2D eigenvalue weighted by molar-refractivity contribution is 6.04. The Bertz CT molecular complexity index is 975. The van der Waals surface area contributed by atoms with E-state index in [2.05, 4.69) is 20.6 Å². The van der Waals surface area contributed by atoms with Crippen LogP contribution in [0.1, 0.15) is 23.2 Å². The minimum atomic E-state index is -0.351. The topological polar surface area (TPSA) is 85.4 Å². The van der Waals surface area contributed by atoms with Gasteiger partial charge in [0.05, 0.1) is 25.1 Å². The lowest BCUT2D eigenvalue weighted by atomic mass is 10.2. The van der Waals surface area contributed by atoms with E-state index in [-0.39, 0.29) is 11.6 Å². The van der Waals surface area contributed by atoms with Crippen molar-refractivity contribution in [2.24, 2.45) is 0 Å². The Morgan fingerprint density at radius 2 is 1.68 bits per heavy atom. The zero-order valence-corrected chi connectivity index (χ0v) is 16.0. The van der Waals surface area contributed by atoms with Crippen LogP contribution in [0.25, 0.3) is 0 Å². The third-order valence-electron chi connectivity index (χ3n) is 3.88. The first-order valence-electron chi connectivity index (χ1n) is 8.89. The molecule has 1 aromatic heterocycles. The molecule has 0 saturated heterocycles. The number of amides is 1. The van der Waals surface area contributed by atoms with Gasteiger partial charge in [0.15, 0.2) is 0 Å². The van der Waals surface area contributed by atoms with E-state index in [1.54, 1.807) is 32.2 Å². The fraction of sp³-hybridized carbons (Fsp3) is 0.190. The SMILES string of the molecule is CCOc1ccccc1Nc1cc(C(=O)Nc2ccccc2OC)nc(C)n1. The number of ether oxygens (including phenoxy) is 2. The summed E-state index contributed by atoms with van der Waals surface area (Å²) in [6.45, 7) is 4.21. The molecule has 0 bridgehead atoms. The van der Waals surface area contributed by atoms with Crippen molar-refractivity contribution in [3.63, 3.8) is 0 Å². The highest BCUT2D eigenvalue weighted by Crippen LogP contribution is 2.27. The van der Waals surface area contributed by atoms with Crippen LogP contribution in [0.3, 0.4) is 0 Å². The van der Waals surface area contributed by atoms with Gasteiger partial charge in [0.25, 0.3) is 5.91 Å². The summed E-state index contributed by atoms with van der Waals surface area (Å²) in [5.74, 6) is 1.91. The molecule has 0 spiro atoms. The number of aryl methyl sites for hydroxylation is 1. The number of hydrogen-bond acceptors (Lipinski definition) is 6. The number of nitrogens with one attached hydrogen (secondary N) is 2. The number of methoxy groups -OCH3 is 1. The molecule has 0 unspecified atom stereocenters. The van der Waals surface area contributed by atoms with E-state index in [4.69, 9.17) is 9.47 Å². The number of carbonyl (C=O) groups excluding carboxylic acids is 1. The van der Waals surface area contributed by atoms with Crippen molar-refractivity contribution in [2.45, 2.75) is 13.8 Å². The molecule has 0 fully saturated rings. The normalized spacial score (nSPS) is 10.2. The molecular weight excluding hydrogens is 356 g/mol. The third-order valence-corrected chi connectivity index (χ3v) is 3.88. The van der Waals surface area contributed by atoms with Crippen molar-refractivity contribution in [3.05, 3.63) is 66.1 Å². The molecule has 0 aliphatic heterocycles. The van der Waals surface area contributed by atoms with Crippen LogP contribution in [0.2, 0.25) is 0 Å². The highest BCUT2D eigenvalue weighted by Gasteiger charge is 2.14. The maximum absolute atomic E-state index is 12.7. The van der Waals surface area contributed by atoms with Gasteiger partial charge < -0.3 is 20.1 Å². The predicted molar refractivity (Wildman–Crippen MR) is 109 cm³/mol. The van der Waals surface area contributed by atoms with Crippen LogP contribution in [0, 0.1) is 6.92 Å². The Morgan fingerprint density at radius 1 is 1.00 bits per heavy atom. The van der Waals surface area contributed by atoms with Gasteiger partial charge in [-0.05, 0) is 38.1 Å². The number of aromatic nitrogens is 2. The summed E-state index contributed by atoms with van der Waals surface area (Å²) >= 11 is 0. The maximum Gasteiger partial charge on any atom is 0.274 e. The number of para-hydroxylation sites is 4. The number of carbonyl (C=O) groups is 1.